The third-order valence-corrected chi connectivity index (χ3v) is 6.69. The van der Waals surface area contributed by atoms with Crippen LogP contribution >= 0.6 is 11.6 Å². The maximum absolute atomic E-state index is 14.2. The minimum Gasteiger partial charge on any atom is -0.366 e. The number of nitrogens with two attached hydrogens (primary N) is 1. The highest BCUT2D eigenvalue weighted by atomic mass is 35.5. The molecule has 0 aliphatic carbocycles. The van der Waals surface area contributed by atoms with E-state index in [1.807, 2.05) is 6.07 Å². The molecule has 40 heavy (non-hydrogen) atoms. The number of nitrogens with one attached hydrogen (secondary N) is 1. The van der Waals surface area contributed by atoms with Gasteiger partial charge in [0, 0.05) is 39.9 Å². The lowest BCUT2D eigenvalue weighted by Gasteiger charge is -2.22. The average Bonchev–Trinajstić information content (AvgIpc) is 3.29. The van der Waals surface area contributed by atoms with Crippen molar-refractivity contribution < 1.29 is 22.8 Å². The summed E-state index contributed by atoms with van der Waals surface area (Å²) in [6.07, 6.45) is 3.26. The molecule has 3 N–H and O–H groups in total. The van der Waals surface area contributed by atoms with Crippen LogP contribution in [0.5, 0.6) is 0 Å². The van der Waals surface area contributed by atoms with E-state index < -0.39 is 29.4 Å². The zero-order valence-electron chi connectivity index (χ0n) is 20.9. The summed E-state index contributed by atoms with van der Waals surface area (Å²) in [5.41, 5.74) is 7.38. The summed E-state index contributed by atoms with van der Waals surface area (Å²) in [5.74, 6) is -3.62. The Hall–Kier alpha value is -4.63. The summed E-state index contributed by atoms with van der Waals surface area (Å²) in [6, 6.07) is 16.6. The van der Waals surface area contributed by atoms with E-state index in [1.54, 1.807) is 41.1 Å². The van der Waals surface area contributed by atoms with Crippen molar-refractivity contribution in [3.63, 3.8) is 0 Å². The van der Waals surface area contributed by atoms with Crippen LogP contribution in [0.2, 0.25) is 5.02 Å². The van der Waals surface area contributed by atoms with Crippen LogP contribution in [-0.4, -0.2) is 21.4 Å². The van der Waals surface area contributed by atoms with Gasteiger partial charge in [-0.05, 0) is 72.1 Å². The van der Waals surface area contributed by atoms with Gasteiger partial charge in [-0.25, -0.2) is 13.2 Å². The molecule has 1 unspecified atom stereocenters. The Morgan fingerprint density at radius 3 is 2.50 bits per heavy atom. The van der Waals surface area contributed by atoms with Crippen molar-refractivity contribution in [2.24, 2.45) is 5.73 Å². The van der Waals surface area contributed by atoms with Crippen LogP contribution in [0.15, 0.2) is 85.2 Å². The molecule has 0 radical (unpaired) electrons. The van der Waals surface area contributed by atoms with E-state index in [2.05, 4.69) is 10.3 Å². The summed E-state index contributed by atoms with van der Waals surface area (Å²) in [5, 5.41) is 4.37. The molecule has 0 bridgehead atoms. The summed E-state index contributed by atoms with van der Waals surface area (Å²) in [7, 11) is 0. The first kappa shape index (κ1) is 27.0. The minimum atomic E-state index is -0.940. The summed E-state index contributed by atoms with van der Waals surface area (Å²) >= 11 is 6.08. The third-order valence-electron chi connectivity index (χ3n) is 6.46. The molecular weight excluding hydrogens is 541 g/mol. The van der Waals surface area contributed by atoms with Crippen LogP contribution in [0.3, 0.4) is 0 Å². The number of benzene rings is 3. The summed E-state index contributed by atoms with van der Waals surface area (Å²) < 4.78 is 44.0. The largest absolute Gasteiger partial charge is 0.366 e. The first-order chi connectivity index (χ1) is 19.2. The monoisotopic (exact) mass is 562 g/mol. The standard InChI is InChI=1S/C30H22ClF3N4O2/c31-20-4-6-27-19(13-20)7-9-38(27)16-28(39)37-26(12-17-10-21(32)15-22(33)11-17)29-23(2-1-8-36-29)18-3-5-25(34)24(14-18)30(35)40/h1-11,13-15,26H,12,16H2,(H2,35,40)(H,37,39). The Balaban J connectivity index is 1.52. The van der Waals surface area contributed by atoms with Gasteiger partial charge in [0.05, 0.1) is 17.3 Å². The van der Waals surface area contributed by atoms with E-state index in [4.69, 9.17) is 17.3 Å². The van der Waals surface area contributed by atoms with Gasteiger partial charge in [-0.15, -0.1) is 0 Å². The molecule has 2 heterocycles. The Morgan fingerprint density at radius 2 is 1.75 bits per heavy atom. The van der Waals surface area contributed by atoms with Gasteiger partial charge < -0.3 is 15.6 Å². The Kier molecular flexibility index (Phi) is 7.57. The molecular formula is C30H22ClF3N4O2. The molecule has 3 aromatic carbocycles. The van der Waals surface area contributed by atoms with Crippen molar-refractivity contribution in [3.8, 4) is 11.1 Å². The van der Waals surface area contributed by atoms with Gasteiger partial charge in [0.25, 0.3) is 5.91 Å². The highest BCUT2D eigenvalue weighted by Gasteiger charge is 2.23. The van der Waals surface area contributed by atoms with Crippen LogP contribution in [0.25, 0.3) is 22.0 Å². The van der Waals surface area contributed by atoms with Gasteiger partial charge >= 0.3 is 0 Å². The second kappa shape index (κ2) is 11.2. The summed E-state index contributed by atoms with van der Waals surface area (Å²) in [4.78, 5) is 29.6. The molecule has 2 aromatic heterocycles. The zero-order chi connectivity index (χ0) is 28.4. The van der Waals surface area contributed by atoms with Gasteiger partial charge in [-0.1, -0.05) is 23.7 Å². The number of rotatable bonds is 8. The van der Waals surface area contributed by atoms with E-state index in [1.165, 1.54) is 30.5 Å². The lowest BCUT2D eigenvalue weighted by atomic mass is 9.94. The molecule has 0 spiro atoms. The number of primary amides is 1. The molecule has 0 fully saturated rings. The van der Waals surface area contributed by atoms with E-state index >= 15 is 0 Å². The van der Waals surface area contributed by atoms with Crippen molar-refractivity contribution >= 4 is 34.3 Å². The number of amides is 2. The van der Waals surface area contributed by atoms with Gasteiger partial charge in [-0.3, -0.25) is 14.6 Å². The Labute approximate surface area is 232 Å². The Bertz CT molecular complexity index is 1730. The second-order valence-corrected chi connectivity index (χ2v) is 9.68. The number of carbonyl (C=O) groups excluding carboxylic acids is 2. The maximum Gasteiger partial charge on any atom is 0.251 e. The smallest absolute Gasteiger partial charge is 0.251 e. The van der Waals surface area contributed by atoms with Gasteiger partial charge in [-0.2, -0.15) is 0 Å². The topological polar surface area (TPSA) is 90.0 Å². The van der Waals surface area contributed by atoms with Crippen LogP contribution < -0.4 is 11.1 Å². The molecule has 1 atom stereocenters. The SMILES string of the molecule is NC(=O)c1cc(-c2cccnc2C(Cc2cc(F)cc(F)c2)NC(=O)Cn2ccc3cc(Cl)ccc32)ccc1F. The van der Waals surface area contributed by atoms with Crippen molar-refractivity contribution in [2.45, 2.75) is 19.0 Å². The highest BCUT2D eigenvalue weighted by molar-refractivity contribution is 6.31. The van der Waals surface area contributed by atoms with Crippen LogP contribution in [0.1, 0.15) is 27.7 Å². The molecule has 202 valence electrons. The van der Waals surface area contributed by atoms with Gasteiger partial charge in [0.15, 0.2) is 0 Å². The number of fused-ring (bicyclic) bond motifs is 1. The fourth-order valence-electron chi connectivity index (χ4n) is 4.71. The van der Waals surface area contributed by atoms with Crippen molar-refractivity contribution in [1.82, 2.24) is 14.9 Å². The average molecular weight is 563 g/mol. The third kappa shape index (κ3) is 5.84. The second-order valence-electron chi connectivity index (χ2n) is 9.24. The molecule has 0 aliphatic heterocycles. The first-order valence-electron chi connectivity index (χ1n) is 12.2. The number of halogens is 4. The number of carbonyl (C=O) groups is 2. The summed E-state index contributed by atoms with van der Waals surface area (Å²) in [6.45, 7) is -0.0519. The van der Waals surface area contributed by atoms with E-state index in [0.29, 0.717) is 21.8 Å². The predicted molar refractivity (Wildman–Crippen MR) is 146 cm³/mol. The lowest BCUT2D eigenvalue weighted by molar-refractivity contribution is -0.122. The predicted octanol–water partition coefficient (Wildman–Crippen LogP) is 5.97. The maximum atomic E-state index is 14.2. The molecule has 6 nitrogen and oxygen atoms in total. The van der Waals surface area contributed by atoms with Crippen molar-refractivity contribution in [3.05, 3.63) is 124 Å². The van der Waals surface area contributed by atoms with Crippen molar-refractivity contribution in [1.29, 1.82) is 0 Å². The van der Waals surface area contributed by atoms with E-state index in [-0.39, 0.29) is 30.0 Å². The number of hydrogen-bond donors (Lipinski definition) is 2. The lowest BCUT2D eigenvalue weighted by Crippen LogP contribution is -2.33. The fourth-order valence-corrected chi connectivity index (χ4v) is 4.89. The van der Waals surface area contributed by atoms with Gasteiger partial charge in [0.1, 0.15) is 24.0 Å². The minimum absolute atomic E-state index is 0.00363. The number of aromatic nitrogens is 2. The molecule has 0 saturated heterocycles. The zero-order valence-corrected chi connectivity index (χ0v) is 21.6. The molecule has 2 amide bonds. The quantitative estimate of drug-likeness (QED) is 0.244. The highest BCUT2D eigenvalue weighted by Crippen LogP contribution is 2.30. The molecule has 0 saturated carbocycles. The molecule has 10 heteroatoms. The van der Waals surface area contributed by atoms with Crippen LogP contribution in [-0.2, 0) is 17.8 Å². The van der Waals surface area contributed by atoms with E-state index in [9.17, 15) is 22.8 Å². The first-order valence-corrected chi connectivity index (χ1v) is 12.6. The number of pyridine rings is 1. The number of nitrogens with zero attached hydrogens (tertiary/aromatic N) is 2. The Morgan fingerprint density at radius 1 is 0.975 bits per heavy atom. The van der Waals surface area contributed by atoms with Crippen LogP contribution in [0, 0.1) is 17.5 Å². The molecule has 0 aliphatic rings. The van der Waals surface area contributed by atoms with Gasteiger partial charge in [0.2, 0.25) is 5.91 Å². The van der Waals surface area contributed by atoms with Crippen molar-refractivity contribution in [2.75, 3.05) is 0 Å². The van der Waals surface area contributed by atoms with E-state index in [0.717, 1.165) is 23.0 Å². The molecule has 5 rings (SSSR count). The number of hydrogen-bond acceptors (Lipinski definition) is 3. The normalized spacial score (nSPS) is 11.9. The molecule has 5 aromatic rings. The van der Waals surface area contributed by atoms with Crippen LogP contribution in [0.4, 0.5) is 13.2 Å². The fraction of sp³-hybridized carbons (Fsp3) is 0.100.